The molecule has 9 nitrogen and oxygen atoms in total. The minimum absolute atomic E-state index is 0. The lowest BCUT2D eigenvalue weighted by Gasteiger charge is -2.11. The quantitative estimate of drug-likeness (QED) is 0.435. The van der Waals surface area contributed by atoms with E-state index in [1.807, 2.05) is 6.92 Å². The van der Waals surface area contributed by atoms with Gasteiger partial charge < -0.3 is 14.1 Å². The van der Waals surface area contributed by atoms with Crippen molar-refractivity contribution >= 4 is 29.1 Å². The van der Waals surface area contributed by atoms with Crippen molar-refractivity contribution in [2.75, 3.05) is 0 Å². The first kappa shape index (κ1) is 17.4. The molecule has 0 aliphatic rings. The van der Waals surface area contributed by atoms with Crippen LogP contribution < -0.4 is 11.1 Å². The summed E-state index contributed by atoms with van der Waals surface area (Å²) in [7, 11) is 0. The van der Waals surface area contributed by atoms with E-state index in [-0.39, 0.29) is 29.3 Å². The number of hydrogen-bond donors (Lipinski definition) is 1. The molecule has 10 heteroatoms. The third-order valence-electron chi connectivity index (χ3n) is 3.50. The smallest absolute Gasteiger partial charge is 0.316 e. The number of benzene rings is 1. The molecule has 1 N–H and O–H groups in total. The highest BCUT2D eigenvalue weighted by molar-refractivity contribution is 5.85. The molecule has 0 radical (unpaired) electrons. The number of nitrogens with zero attached hydrogens (tertiary/aromatic N) is 4. The highest BCUT2D eigenvalue weighted by atomic mass is 35.5. The van der Waals surface area contributed by atoms with Crippen LogP contribution in [0.3, 0.4) is 0 Å². The molecule has 0 aliphatic heterocycles. The summed E-state index contributed by atoms with van der Waals surface area (Å²) < 4.78 is 2.82. The Morgan fingerprint density at radius 3 is 2.67 bits per heavy atom. The van der Waals surface area contributed by atoms with Crippen LogP contribution in [0.1, 0.15) is 13.3 Å². The van der Waals surface area contributed by atoms with Gasteiger partial charge in [-0.3, -0.25) is 19.7 Å². The van der Waals surface area contributed by atoms with Gasteiger partial charge in [-0.25, -0.2) is 4.98 Å². The zero-order valence-electron chi connectivity index (χ0n) is 12.6. The van der Waals surface area contributed by atoms with Crippen molar-refractivity contribution in [3.8, 4) is 5.69 Å². The standard InChI is InChI=1S/C14H13N5O4.ClH/c1-2-4-18-10-7-11(17-5-3-15-8-17)12(19(22)23)6-9(10)16-13(20)14(18)21;/h3,5-8H,2,4H2,1H3,(H,16,20);1H. The number of halogens is 1. The van der Waals surface area contributed by atoms with E-state index >= 15 is 0 Å². The van der Waals surface area contributed by atoms with Crippen LogP contribution in [0.15, 0.2) is 40.4 Å². The Kier molecular flexibility index (Phi) is 4.84. The van der Waals surface area contributed by atoms with E-state index in [1.165, 1.54) is 33.8 Å². The van der Waals surface area contributed by atoms with Crippen LogP contribution in [0.5, 0.6) is 0 Å². The average molecular weight is 352 g/mol. The number of nitrogens with one attached hydrogen (secondary N) is 1. The van der Waals surface area contributed by atoms with Crippen LogP contribution in [0.2, 0.25) is 0 Å². The Bertz CT molecular complexity index is 1010. The first-order chi connectivity index (χ1) is 11.0. The largest absolute Gasteiger partial charge is 0.316 e. The molecule has 0 fully saturated rings. The Morgan fingerprint density at radius 1 is 1.33 bits per heavy atom. The molecule has 0 amide bonds. The molecule has 0 bridgehead atoms. The van der Waals surface area contributed by atoms with Crippen molar-refractivity contribution in [1.29, 1.82) is 0 Å². The minimum atomic E-state index is -0.796. The van der Waals surface area contributed by atoms with E-state index in [0.717, 1.165) is 0 Å². The number of hydrogen-bond acceptors (Lipinski definition) is 5. The van der Waals surface area contributed by atoms with Crippen LogP contribution in [-0.2, 0) is 6.54 Å². The first-order valence-electron chi connectivity index (χ1n) is 6.96. The van der Waals surface area contributed by atoms with E-state index < -0.39 is 16.0 Å². The number of aromatic nitrogens is 4. The maximum absolute atomic E-state index is 12.1. The molecule has 3 aromatic rings. The highest BCUT2D eigenvalue weighted by Crippen LogP contribution is 2.27. The molecule has 2 heterocycles. The number of rotatable bonds is 4. The third-order valence-corrected chi connectivity index (χ3v) is 3.50. The molecule has 0 spiro atoms. The summed E-state index contributed by atoms with van der Waals surface area (Å²) in [6, 6.07) is 2.78. The van der Waals surface area contributed by atoms with Crippen molar-refractivity contribution < 1.29 is 4.92 Å². The molecule has 24 heavy (non-hydrogen) atoms. The van der Waals surface area contributed by atoms with E-state index in [0.29, 0.717) is 18.5 Å². The van der Waals surface area contributed by atoms with E-state index in [9.17, 15) is 19.7 Å². The maximum Gasteiger partial charge on any atom is 0.316 e. The first-order valence-corrected chi connectivity index (χ1v) is 6.96. The summed E-state index contributed by atoms with van der Waals surface area (Å²) in [5, 5.41) is 11.3. The average Bonchev–Trinajstić information content (AvgIpc) is 3.05. The summed E-state index contributed by atoms with van der Waals surface area (Å²) in [5.41, 5.74) is -0.700. The van der Waals surface area contributed by atoms with Gasteiger partial charge in [0.1, 0.15) is 5.69 Å². The van der Waals surface area contributed by atoms with Crippen molar-refractivity contribution in [1.82, 2.24) is 19.1 Å². The highest BCUT2D eigenvalue weighted by Gasteiger charge is 2.19. The van der Waals surface area contributed by atoms with Crippen molar-refractivity contribution in [2.45, 2.75) is 19.9 Å². The molecular weight excluding hydrogens is 338 g/mol. The number of H-pyrrole nitrogens is 1. The van der Waals surface area contributed by atoms with Gasteiger partial charge in [0.25, 0.3) is 5.69 Å². The lowest BCUT2D eigenvalue weighted by atomic mass is 10.2. The number of aromatic amines is 1. The lowest BCUT2D eigenvalue weighted by molar-refractivity contribution is -0.384. The van der Waals surface area contributed by atoms with Crippen molar-refractivity contribution in [2.24, 2.45) is 0 Å². The third kappa shape index (κ3) is 2.81. The monoisotopic (exact) mass is 351 g/mol. The van der Waals surface area contributed by atoms with Crippen LogP contribution in [0.4, 0.5) is 5.69 Å². The zero-order valence-corrected chi connectivity index (χ0v) is 13.4. The second kappa shape index (κ2) is 6.67. The molecule has 0 saturated carbocycles. The fraction of sp³-hybridized carbons (Fsp3) is 0.214. The topological polar surface area (TPSA) is 116 Å². The number of imidazole rings is 1. The molecule has 1 aromatic carbocycles. The summed E-state index contributed by atoms with van der Waals surface area (Å²) in [5.74, 6) is 0. The normalized spacial score (nSPS) is 10.5. The number of fused-ring (bicyclic) bond motifs is 1. The predicted molar refractivity (Wildman–Crippen MR) is 90.1 cm³/mol. The Balaban J connectivity index is 0.00000208. The Labute approximate surface area is 141 Å². The SMILES string of the molecule is CCCn1c(=O)c(=O)[nH]c2cc([N+](=O)[O-])c(-n3ccnc3)cc21.Cl. The van der Waals surface area contributed by atoms with Crippen LogP contribution >= 0.6 is 12.4 Å². The molecule has 0 unspecified atom stereocenters. The summed E-state index contributed by atoms with van der Waals surface area (Å²) in [6.07, 6.45) is 5.15. The van der Waals surface area contributed by atoms with Gasteiger partial charge in [-0.1, -0.05) is 6.92 Å². The van der Waals surface area contributed by atoms with E-state index in [4.69, 9.17) is 0 Å². The fourth-order valence-electron chi connectivity index (χ4n) is 2.50. The molecule has 0 saturated heterocycles. The number of nitro benzene ring substituents is 1. The molecule has 0 atom stereocenters. The molecular formula is C14H14ClN5O4. The molecule has 2 aromatic heterocycles. The van der Waals surface area contributed by atoms with Gasteiger partial charge in [0, 0.05) is 25.0 Å². The fourth-order valence-corrected chi connectivity index (χ4v) is 2.50. The van der Waals surface area contributed by atoms with Crippen molar-refractivity contribution in [3.63, 3.8) is 0 Å². The molecule has 0 aliphatic carbocycles. The molecule has 3 rings (SSSR count). The number of nitro groups is 1. The van der Waals surface area contributed by atoms with Crippen LogP contribution in [0, 0.1) is 10.1 Å². The summed E-state index contributed by atoms with van der Waals surface area (Å²) in [6.45, 7) is 2.22. The lowest BCUT2D eigenvalue weighted by Crippen LogP contribution is -2.36. The van der Waals surface area contributed by atoms with E-state index in [2.05, 4.69) is 9.97 Å². The van der Waals surface area contributed by atoms with Gasteiger partial charge >= 0.3 is 11.1 Å². The minimum Gasteiger partial charge on any atom is -0.316 e. The van der Waals surface area contributed by atoms with Gasteiger partial charge in [0.2, 0.25) is 0 Å². The number of aryl methyl sites for hydroxylation is 1. The van der Waals surface area contributed by atoms with Gasteiger partial charge in [0.15, 0.2) is 0 Å². The molecule has 126 valence electrons. The van der Waals surface area contributed by atoms with Crippen molar-refractivity contribution in [3.05, 3.63) is 61.7 Å². The zero-order chi connectivity index (χ0) is 16.6. The second-order valence-electron chi connectivity index (χ2n) is 5.00. The summed E-state index contributed by atoms with van der Waals surface area (Å²) in [4.78, 5) is 40.9. The summed E-state index contributed by atoms with van der Waals surface area (Å²) >= 11 is 0. The van der Waals surface area contributed by atoms with Crippen LogP contribution in [0.25, 0.3) is 16.7 Å². The van der Waals surface area contributed by atoms with Gasteiger partial charge in [0.05, 0.1) is 22.3 Å². The van der Waals surface area contributed by atoms with Gasteiger partial charge in [-0.2, -0.15) is 0 Å². The van der Waals surface area contributed by atoms with Gasteiger partial charge in [-0.05, 0) is 12.5 Å². The van der Waals surface area contributed by atoms with Gasteiger partial charge in [-0.15, -0.1) is 12.4 Å². The van der Waals surface area contributed by atoms with Crippen LogP contribution in [-0.4, -0.2) is 24.0 Å². The maximum atomic E-state index is 12.1. The van der Waals surface area contributed by atoms with E-state index in [1.54, 1.807) is 6.20 Å². The Morgan fingerprint density at radius 2 is 2.08 bits per heavy atom. The predicted octanol–water partition coefficient (Wildman–Crippen LogP) is 1.62. The Hall–Kier alpha value is -2.94. The second-order valence-corrected chi connectivity index (χ2v) is 5.00.